The molecule has 0 aromatic heterocycles. The van der Waals surface area contributed by atoms with Crippen molar-refractivity contribution in [3.05, 3.63) is 58.4 Å². The van der Waals surface area contributed by atoms with Crippen LogP contribution in [0.4, 0.5) is 15.8 Å². The Morgan fingerprint density at radius 3 is 2.59 bits per heavy atom. The van der Waals surface area contributed by atoms with E-state index in [2.05, 4.69) is 10.3 Å². The first-order chi connectivity index (χ1) is 13.0. The molecule has 0 bridgehead atoms. The van der Waals surface area contributed by atoms with Crippen molar-refractivity contribution < 1.29 is 14.0 Å². The van der Waals surface area contributed by atoms with Gasteiger partial charge in [-0.1, -0.05) is 22.9 Å². The zero-order valence-corrected chi connectivity index (χ0v) is 14.9. The first-order valence-electron chi connectivity index (χ1n) is 8.69. The molecule has 3 aliphatic rings. The number of benzene rings is 2. The number of halogens is 2. The van der Waals surface area contributed by atoms with Gasteiger partial charge in [-0.05, 0) is 60.7 Å². The fourth-order valence-corrected chi connectivity index (χ4v) is 4.13. The molecule has 0 radical (unpaired) electrons. The Kier molecular flexibility index (Phi) is 3.55. The van der Waals surface area contributed by atoms with Crippen LogP contribution >= 0.6 is 11.6 Å². The summed E-state index contributed by atoms with van der Waals surface area (Å²) >= 11 is 5.84. The van der Waals surface area contributed by atoms with E-state index in [0.29, 0.717) is 11.4 Å². The Balaban J connectivity index is 1.50. The van der Waals surface area contributed by atoms with Crippen molar-refractivity contribution in [2.45, 2.75) is 31.3 Å². The van der Waals surface area contributed by atoms with Crippen LogP contribution in [0.25, 0.3) is 0 Å². The van der Waals surface area contributed by atoms with Crippen LogP contribution in [-0.2, 0) is 22.4 Å². The molecule has 2 heterocycles. The van der Waals surface area contributed by atoms with E-state index in [4.69, 9.17) is 11.6 Å². The van der Waals surface area contributed by atoms with Crippen LogP contribution in [0.3, 0.4) is 0 Å². The summed E-state index contributed by atoms with van der Waals surface area (Å²) in [4.78, 5) is 27.1. The van der Waals surface area contributed by atoms with Crippen molar-refractivity contribution in [1.82, 2.24) is 0 Å². The lowest BCUT2D eigenvalue weighted by atomic mass is 10.1. The van der Waals surface area contributed by atoms with Crippen LogP contribution < -0.4 is 9.91 Å². The number of anilines is 2. The zero-order chi connectivity index (χ0) is 18.7. The lowest BCUT2D eigenvalue weighted by molar-refractivity contribution is -0.121. The third kappa shape index (κ3) is 2.38. The number of fused-ring (bicyclic) bond motifs is 2. The summed E-state index contributed by atoms with van der Waals surface area (Å²) in [7, 11) is 0. The quantitative estimate of drug-likeness (QED) is 0.745. The summed E-state index contributed by atoms with van der Waals surface area (Å²) in [5, 5.41) is 9.20. The van der Waals surface area contributed by atoms with Crippen molar-refractivity contribution in [3.8, 4) is 0 Å². The lowest BCUT2D eigenvalue weighted by Crippen LogP contribution is -2.40. The number of aryl methyl sites for hydroxylation is 2. The molecule has 2 amide bonds. The molecule has 8 heteroatoms. The highest BCUT2D eigenvalue weighted by Gasteiger charge is 2.55. The minimum absolute atomic E-state index is 0.0848. The van der Waals surface area contributed by atoms with Crippen molar-refractivity contribution in [2.75, 3.05) is 9.91 Å². The Hall–Kier alpha value is -2.80. The summed E-state index contributed by atoms with van der Waals surface area (Å²) in [6, 6.07) is 7.92. The van der Waals surface area contributed by atoms with Crippen LogP contribution in [-0.4, -0.2) is 23.9 Å². The number of rotatable bonds is 2. The van der Waals surface area contributed by atoms with E-state index in [0.717, 1.165) is 19.3 Å². The molecule has 0 unspecified atom stereocenters. The largest absolute Gasteiger partial charge is 0.271 e. The topological polar surface area (TPSA) is 65.3 Å². The van der Waals surface area contributed by atoms with Gasteiger partial charge in [0, 0.05) is 0 Å². The van der Waals surface area contributed by atoms with Crippen LogP contribution in [0.5, 0.6) is 0 Å². The lowest BCUT2D eigenvalue weighted by Gasteiger charge is -2.21. The summed E-state index contributed by atoms with van der Waals surface area (Å²) in [5.41, 5.74) is 3.41. The van der Waals surface area contributed by atoms with Crippen molar-refractivity contribution in [3.63, 3.8) is 0 Å². The summed E-state index contributed by atoms with van der Waals surface area (Å²) in [6.07, 6.45) is 3.06. The van der Waals surface area contributed by atoms with Crippen LogP contribution in [0.15, 0.2) is 46.7 Å². The minimum Gasteiger partial charge on any atom is -0.271 e. The molecule has 2 aliphatic heterocycles. The molecule has 6 nitrogen and oxygen atoms in total. The third-order valence-electron chi connectivity index (χ3n) is 5.29. The molecule has 27 heavy (non-hydrogen) atoms. The van der Waals surface area contributed by atoms with Gasteiger partial charge in [-0.2, -0.15) is 5.11 Å². The fraction of sp³-hybridized carbons (Fsp3) is 0.263. The van der Waals surface area contributed by atoms with Gasteiger partial charge in [0.25, 0.3) is 11.8 Å². The molecular weight excluding hydrogens is 371 g/mol. The second kappa shape index (κ2) is 5.85. The Bertz CT molecular complexity index is 1020. The standard InChI is InChI=1S/C19H14ClFN4O2/c20-14-9-13(6-7-15(14)21)25-17-16(22-23-25)18(26)24(19(17)27)12-5-4-10-2-1-3-11(10)8-12/h4-9,16-17H,1-3H2/t16-,17-/m0/s1. The molecule has 1 fully saturated rings. The number of carbonyl (C=O) groups is 2. The number of imide groups is 1. The van der Waals surface area contributed by atoms with E-state index in [-0.39, 0.29) is 5.02 Å². The van der Waals surface area contributed by atoms with E-state index < -0.39 is 29.7 Å². The highest BCUT2D eigenvalue weighted by atomic mass is 35.5. The van der Waals surface area contributed by atoms with E-state index in [1.807, 2.05) is 12.1 Å². The second-order valence-electron chi connectivity index (χ2n) is 6.86. The molecule has 2 aromatic carbocycles. The summed E-state index contributed by atoms with van der Waals surface area (Å²) in [5.74, 6) is -1.36. The van der Waals surface area contributed by atoms with Gasteiger partial charge in [0.2, 0.25) is 0 Å². The molecule has 2 atom stereocenters. The predicted octanol–water partition coefficient (Wildman–Crippen LogP) is 3.47. The molecule has 1 aliphatic carbocycles. The smallest absolute Gasteiger partial charge is 0.263 e. The second-order valence-corrected chi connectivity index (χ2v) is 7.26. The maximum absolute atomic E-state index is 13.5. The Labute approximate surface area is 159 Å². The summed E-state index contributed by atoms with van der Waals surface area (Å²) in [6.45, 7) is 0. The number of carbonyl (C=O) groups excluding carboxylic acids is 2. The predicted molar refractivity (Wildman–Crippen MR) is 97.3 cm³/mol. The van der Waals surface area contributed by atoms with E-state index >= 15 is 0 Å². The van der Waals surface area contributed by atoms with Crippen LogP contribution in [0, 0.1) is 5.82 Å². The van der Waals surface area contributed by atoms with Gasteiger partial charge in [-0.15, -0.1) is 0 Å². The molecule has 2 aromatic rings. The highest BCUT2D eigenvalue weighted by Crippen LogP contribution is 2.37. The monoisotopic (exact) mass is 384 g/mol. The molecule has 136 valence electrons. The van der Waals surface area contributed by atoms with Gasteiger partial charge in [0.1, 0.15) is 5.82 Å². The molecule has 1 saturated heterocycles. The highest BCUT2D eigenvalue weighted by molar-refractivity contribution is 6.31. The SMILES string of the molecule is O=C1[C@H]2N=NN(c3ccc(F)c(Cl)c3)[C@@H]2C(=O)N1c1ccc2c(c1)CCC2. The number of hydrogen-bond donors (Lipinski definition) is 0. The van der Waals surface area contributed by atoms with Crippen molar-refractivity contribution in [2.24, 2.45) is 10.3 Å². The molecule has 0 spiro atoms. The zero-order valence-electron chi connectivity index (χ0n) is 14.1. The molecular formula is C19H14ClFN4O2. The third-order valence-corrected chi connectivity index (χ3v) is 5.58. The van der Waals surface area contributed by atoms with E-state index in [1.165, 1.54) is 39.2 Å². The van der Waals surface area contributed by atoms with Crippen LogP contribution in [0.2, 0.25) is 5.02 Å². The Morgan fingerprint density at radius 1 is 1.00 bits per heavy atom. The van der Waals surface area contributed by atoms with Gasteiger partial charge < -0.3 is 0 Å². The van der Waals surface area contributed by atoms with Crippen molar-refractivity contribution >= 4 is 34.8 Å². The first-order valence-corrected chi connectivity index (χ1v) is 9.07. The average Bonchev–Trinajstić information content (AvgIpc) is 3.34. The van der Waals surface area contributed by atoms with E-state index in [9.17, 15) is 14.0 Å². The number of amides is 2. The minimum atomic E-state index is -0.908. The Morgan fingerprint density at radius 2 is 1.78 bits per heavy atom. The fourth-order valence-electron chi connectivity index (χ4n) is 3.95. The number of nitrogens with zero attached hydrogens (tertiary/aromatic N) is 4. The van der Waals surface area contributed by atoms with Gasteiger partial charge in [-0.3, -0.25) is 9.59 Å². The molecule has 0 saturated carbocycles. The van der Waals surface area contributed by atoms with Crippen molar-refractivity contribution in [1.29, 1.82) is 0 Å². The van der Waals surface area contributed by atoms with Crippen LogP contribution in [0.1, 0.15) is 17.5 Å². The summed E-state index contributed by atoms with van der Waals surface area (Å²) < 4.78 is 13.5. The first kappa shape index (κ1) is 16.4. The van der Waals surface area contributed by atoms with Gasteiger partial charge in [-0.25, -0.2) is 14.3 Å². The normalized spacial score (nSPS) is 23.3. The maximum Gasteiger partial charge on any atom is 0.263 e. The average molecular weight is 385 g/mol. The molecule has 5 rings (SSSR count). The van der Waals surface area contributed by atoms with E-state index in [1.54, 1.807) is 6.07 Å². The number of hydrogen-bond acceptors (Lipinski definition) is 5. The van der Waals surface area contributed by atoms with Gasteiger partial charge in [0.05, 0.1) is 16.4 Å². The molecule has 0 N–H and O–H groups in total. The maximum atomic E-state index is 13.5. The van der Waals surface area contributed by atoms with Gasteiger partial charge >= 0.3 is 0 Å². The van der Waals surface area contributed by atoms with Gasteiger partial charge in [0.15, 0.2) is 12.1 Å².